The van der Waals surface area contributed by atoms with Crippen molar-refractivity contribution in [1.29, 1.82) is 0 Å². The first-order valence-electron chi connectivity index (χ1n) is 5.87. The van der Waals surface area contributed by atoms with Crippen molar-refractivity contribution < 1.29 is 4.79 Å². The highest BCUT2D eigenvalue weighted by atomic mass is 79.9. The zero-order valence-corrected chi connectivity index (χ0v) is 12.8. The van der Waals surface area contributed by atoms with Gasteiger partial charge in [0.2, 0.25) is 0 Å². The van der Waals surface area contributed by atoms with Gasteiger partial charge in [-0.15, -0.1) is 11.3 Å². The SMILES string of the molecule is CC(C)CCn1cc(C=O)c(-c2cc(Br)cs2)n1. The van der Waals surface area contributed by atoms with E-state index in [4.69, 9.17) is 0 Å². The highest BCUT2D eigenvalue weighted by Crippen LogP contribution is 2.30. The molecule has 96 valence electrons. The number of halogens is 1. The second kappa shape index (κ2) is 5.80. The molecule has 2 aromatic rings. The topological polar surface area (TPSA) is 34.9 Å². The van der Waals surface area contributed by atoms with E-state index < -0.39 is 0 Å². The van der Waals surface area contributed by atoms with Gasteiger partial charge in [0.15, 0.2) is 6.29 Å². The molecule has 2 heterocycles. The van der Waals surface area contributed by atoms with E-state index in [1.54, 1.807) is 11.3 Å². The number of aryl methyl sites for hydroxylation is 1. The monoisotopic (exact) mass is 326 g/mol. The predicted molar refractivity (Wildman–Crippen MR) is 78.1 cm³/mol. The average Bonchev–Trinajstić information content (AvgIpc) is 2.92. The zero-order chi connectivity index (χ0) is 13.1. The van der Waals surface area contributed by atoms with E-state index in [0.29, 0.717) is 11.5 Å². The van der Waals surface area contributed by atoms with Crippen molar-refractivity contribution in [3.05, 3.63) is 27.7 Å². The number of carbonyl (C=O) groups is 1. The summed E-state index contributed by atoms with van der Waals surface area (Å²) < 4.78 is 2.89. The fraction of sp³-hybridized carbons (Fsp3) is 0.385. The number of rotatable bonds is 5. The van der Waals surface area contributed by atoms with Crippen LogP contribution in [0.1, 0.15) is 30.6 Å². The Kier molecular flexibility index (Phi) is 4.35. The van der Waals surface area contributed by atoms with Crippen LogP contribution < -0.4 is 0 Å². The van der Waals surface area contributed by atoms with E-state index in [2.05, 4.69) is 34.9 Å². The van der Waals surface area contributed by atoms with Gasteiger partial charge in [-0.3, -0.25) is 9.48 Å². The standard InChI is InChI=1S/C13H15BrN2OS/c1-9(2)3-4-16-6-10(7-17)13(15-16)12-5-11(14)8-18-12/h5-9H,3-4H2,1-2H3. The van der Waals surface area contributed by atoms with Gasteiger partial charge in [0.25, 0.3) is 0 Å². The van der Waals surface area contributed by atoms with Crippen molar-refractivity contribution in [2.75, 3.05) is 0 Å². The van der Waals surface area contributed by atoms with Crippen molar-refractivity contribution >= 4 is 33.6 Å². The molecule has 2 aromatic heterocycles. The lowest BCUT2D eigenvalue weighted by atomic mass is 10.1. The lowest BCUT2D eigenvalue weighted by Crippen LogP contribution is -2.01. The maximum absolute atomic E-state index is 11.1. The van der Waals surface area contributed by atoms with Crippen molar-refractivity contribution in [3.8, 4) is 10.6 Å². The number of hydrogen-bond donors (Lipinski definition) is 0. The zero-order valence-electron chi connectivity index (χ0n) is 10.4. The minimum absolute atomic E-state index is 0.633. The first-order chi connectivity index (χ1) is 8.60. The Hall–Kier alpha value is -0.940. The van der Waals surface area contributed by atoms with Gasteiger partial charge in [0.1, 0.15) is 5.69 Å². The highest BCUT2D eigenvalue weighted by molar-refractivity contribution is 9.10. The largest absolute Gasteiger partial charge is 0.298 e. The molecule has 5 heteroatoms. The summed E-state index contributed by atoms with van der Waals surface area (Å²) >= 11 is 5.01. The first kappa shape index (κ1) is 13.5. The molecule has 0 spiro atoms. The van der Waals surface area contributed by atoms with Gasteiger partial charge in [0, 0.05) is 22.6 Å². The van der Waals surface area contributed by atoms with E-state index >= 15 is 0 Å². The molecule has 0 saturated heterocycles. The molecule has 0 aliphatic carbocycles. The molecule has 0 fully saturated rings. The van der Waals surface area contributed by atoms with Crippen molar-refractivity contribution in [2.45, 2.75) is 26.8 Å². The molecule has 0 amide bonds. The molecule has 0 aliphatic rings. The molecule has 0 aromatic carbocycles. The molecule has 0 N–H and O–H groups in total. The number of carbonyl (C=O) groups excluding carboxylic acids is 1. The Morgan fingerprint density at radius 2 is 2.33 bits per heavy atom. The van der Waals surface area contributed by atoms with Gasteiger partial charge in [0.05, 0.1) is 10.4 Å². The Morgan fingerprint density at radius 3 is 2.89 bits per heavy atom. The van der Waals surface area contributed by atoms with Gasteiger partial charge in [-0.2, -0.15) is 5.10 Å². The maximum atomic E-state index is 11.1. The summed E-state index contributed by atoms with van der Waals surface area (Å²) in [7, 11) is 0. The first-order valence-corrected chi connectivity index (χ1v) is 7.54. The van der Waals surface area contributed by atoms with Crippen LogP contribution >= 0.6 is 27.3 Å². The van der Waals surface area contributed by atoms with Crippen LogP contribution in [0.25, 0.3) is 10.6 Å². The van der Waals surface area contributed by atoms with Crippen LogP contribution in [-0.2, 0) is 6.54 Å². The van der Waals surface area contributed by atoms with Crippen molar-refractivity contribution in [1.82, 2.24) is 9.78 Å². The summed E-state index contributed by atoms with van der Waals surface area (Å²) in [4.78, 5) is 12.1. The van der Waals surface area contributed by atoms with Gasteiger partial charge >= 0.3 is 0 Å². The fourth-order valence-corrected chi connectivity index (χ4v) is 3.09. The summed E-state index contributed by atoms with van der Waals surface area (Å²) in [5.74, 6) is 0.633. The summed E-state index contributed by atoms with van der Waals surface area (Å²) in [5, 5.41) is 6.51. The smallest absolute Gasteiger partial charge is 0.153 e. The molecule has 2 rings (SSSR count). The molecular formula is C13H15BrN2OS. The molecule has 3 nitrogen and oxygen atoms in total. The van der Waals surface area contributed by atoms with E-state index in [-0.39, 0.29) is 0 Å². The van der Waals surface area contributed by atoms with Crippen LogP contribution in [0.2, 0.25) is 0 Å². The van der Waals surface area contributed by atoms with Crippen LogP contribution in [0.4, 0.5) is 0 Å². The van der Waals surface area contributed by atoms with E-state index in [1.807, 2.05) is 22.3 Å². The molecular weight excluding hydrogens is 312 g/mol. The van der Waals surface area contributed by atoms with E-state index in [1.165, 1.54) is 0 Å². The van der Waals surface area contributed by atoms with Crippen LogP contribution in [-0.4, -0.2) is 16.1 Å². The van der Waals surface area contributed by atoms with Crippen LogP contribution in [0.15, 0.2) is 22.1 Å². The second-order valence-corrected chi connectivity index (χ2v) is 6.45. The highest BCUT2D eigenvalue weighted by Gasteiger charge is 2.12. The Bertz CT molecular complexity index is 545. The Morgan fingerprint density at radius 1 is 1.56 bits per heavy atom. The van der Waals surface area contributed by atoms with Gasteiger partial charge in [-0.25, -0.2) is 0 Å². The number of thiophene rings is 1. The van der Waals surface area contributed by atoms with E-state index in [9.17, 15) is 4.79 Å². The van der Waals surface area contributed by atoms with Gasteiger partial charge in [-0.05, 0) is 34.3 Å². The molecule has 0 saturated carbocycles. The van der Waals surface area contributed by atoms with Crippen molar-refractivity contribution in [2.24, 2.45) is 5.92 Å². The summed E-state index contributed by atoms with van der Waals surface area (Å²) in [6.07, 6.45) is 3.77. The minimum Gasteiger partial charge on any atom is -0.298 e. The third-order valence-electron chi connectivity index (χ3n) is 2.65. The molecule has 0 atom stereocenters. The lowest BCUT2D eigenvalue weighted by Gasteiger charge is -2.03. The minimum atomic E-state index is 0.633. The third-order valence-corrected chi connectivity index (χ3v) is 4.35. The number of nitrogens with zero attached hydrogens (tertiary/aromatic N) is 2. The Balaban J connectivity index is 2.27. The fourth-order valence-electron chi connectivity index (χ4n) is 1.66. The summed E-state index contributed by atoms with van der Waals surface area (Å²) in [6.45, 7) is 5.22. The number of aromatic nitrogens is 2. The normalized spacial score (nSPS) is 11.1. The predicted octanol–water partition coefficient (Wildman–Crippen LogP) is 4.23. The molecule has 0 radical (unpaired) electrons. The third kappa shape index (κ3) is 3.09. The van der Waals surface area contributed by atoms with Crippen LogP contribution in [0.3, 0.4) is 0 Å². The molecule has 0 aliphatic heterocycles. The maximum Gasteiger partial charge on any atom is 0.153 e. The second-order valence-electron chi connectivity index (χ2n) is 4.63. The van der Waals surface area contributed by atoms with Crippen LogP contribution in [0, 0.1) is 5.92 Å². The summed E-state index contributed by atoms with van der Waals surface area (Å²) in [6, 6.07) is 1.99. The van der Waals surface area contributed by atoms with Gasteiger partial charge in [-0.1, -0.05) is 13.8 Å². The lowest BCUT2D eigenvalue weighted by molar-refractivity contribution is 0.112. The molecule has 18 heavy (non-hydrogen) atoms. The van der Waals surface area contributed by atoms with E-state index in [0.717, 1.165) is 34.3 Å². The quantitative estimate of drug-likeness (QED) is 0.770. The van der Waals surface area contributed by atoms with Crippen molar-refractivity contribution in [3.63, 3.8) is 0 Å². The van der Waals surface area contributed by atoms with Gasteiger partial charge < -0.3 is 0 Å². The molecule has 0 bridgehead atoms. The van der Waals surface area contributed by atoms with Crippen LogP contribution in [0.5, 0.6) is 0 Å². The average molecular weight is 327 g/mol. The summed E-state index contributed by atoms with van der Waals surface area (Å²) in [5.41, 5.74) is 1.44. The molecule has 0 unspecified atom stereocenters. The number of aldehydes is 1. The number of hydrogen-bond acceptors (Lipinski definition) is 3. The Labute approximate surface area is 119 Å².